The molecule has 0 saturated carbocycles. The molecule has 0 aliphatic rings. The number of thiophene rings is 1. The Morgan fingerprint density at radius 1 is 1.25 bits per heavy atom. The van der Waals surface area contributed by atoms with Gasteiger partial charge in [0.1, 0.15) is 0 Å². The minimum Gasteiger partial charge on any atom is -0.378 e. The standard InChI is InChI=1S/C14H13BrF3NS/c1-8-3-4-20-13(8)9(2)19-12-6-10(14(16,17)18)5-11(15)7-12/h3-7,9,19H,1-2H3. The molecule has 1 N–H and O–H groups in total. The fourth-order valence-electron chi connectivity index (χ4n) is 1.98. The minimum atomic E-state index is -4.34. The highest BCUT2D eigenvalue weighted by atomic mass is 79.9. The molecule has 2 aromatic rings. The highest BCUT2D eigenvalue weighted by Gasteiger charge is 2.31. The zero-order valence-corrected chi connectivity index (χ0v) is 13.3. The Morgan fingerprint density at radius 3 is 2.50 bits per heavy atom. The molecule has 1 atom stereocenters. The van der Waals surface area contributed by atoms with Crippen LogP contribution in [0.5, 0.6) is 0 Å². The molecule has 0 aliphatic heterocycles. The van der Waals surface area contributed by atoms with Crippen LogP contribution in [0.4, 0.5) is 18.9 Å². The number of anilines is 1. The van der Waals surface area contributed by atoms with E-state index in [-0.39, 0.29) is 6.04 Å². The number of benzene rings is 1. The van der Waals surface area contributed by atoms with Crippen molar-refractivity contribution in [1.29, 1.82) is 0 Å². The van der Waals surface area contributed by atoms with Gasteiger partial charge in [-0.3, -0.25) is 0 Å². The van der Waals surface area contributed by atoms with E-state index in [2.05, 4.69) is 21.2 Å². The number of alkyl halides is 3. The van der Waals surface area contributed by atoms with Crippen LogP contribution in [-0.2, 0) is 6.18 Å². The fourth-order valence-corrected chi connectivity index (χ4v) is 3.41. The largest absolute Gasteiger partial charge is 0.416 e. The van der Waals surface area contributed by atoms with Gasteiger partial charge in [-0.25, -0.2) is 0 Å². The first-order chi connectivity index (χ1) is 9.27. The quantitative estimate of drug-likeness (QED) is 0.703. The van der Waals surface area contributed by atoms with Crippen LogP contribution in [0.15, 0.2) is 34.1 Å². The van der Waals surface area contributed by atoms with E-state index in [1.165, 1.54) is 0 Å². The van der Waals surface area contributed by atoms with E-state index in [1.807, 2.05) is 25.3 Å². The van der Waals surface area contributed by atoms with E-state index < -0.39 is 11.7 Å². The predicted molar refractivity (Wildman–Crippen MR) is 80.2 cm³/mol. The summed E-state index contributed by atoms with van der Waals surface area (Å²) < 4.78 is 38.7. The Labute approximate surface area is 128 Å². The summed E-state index contributed by atoms with van der Waals surface area (Å²) in [5.41, 5.74) is 0.928. The van der Waals surface area contributed by atoms with Gasteiger partial charge >= 0.3 is 6.18 Å². The van der Waals surface area contributed by atoms with E-state index in [9.17, 15) is 13.2 Å². The van der Waals surface area contributed by atoms with Crippen LogP contribution >= 0.6 is 27.3 Å². The second-order valence-electron chi connectivity index (χ2n) is 4.56. The fraction of sp³-hybridized carbons (Fsp3) is 0.286. The maximum absolute atomic E-state index is 12.8. The summed E-state index contributed by atoms with van der Waals surface area (Å²) in [7, 11) is 0. The topological polar surface area (TPSA) is 12.0 Å². The van der Waals surface area contributed by atoms with Crippen LogP contribution in [-0.4, -0.2) is 0 Å². The van der Waals surface area contributed by atoms with Gasteiger partial charge in [-0.05, 0) is 49.1 Å². The summed E-state index contributed by atoms with van der Waals surface area (Å²) in [6, 6.07) is 5.82. The van der Waals surface area contributed by atoms with Crippen molar-refractivity contribution in [2.75, 3.05) is 5.32 Å². The molecular weight excluding hydrogens is 351 g/mol. The molecule has 0 amide bonds. The summed E-state index contributed by atoms with van der Waals surface area (Å²) in [6.45, 7) is 3.93. The summed E-state index contributed by atoms with van der Waals surface area (Å²) >= 11 is 4.72. The normalized spacial score (nSPS) is 13.3. The molecule has 1 heterocycles. The van der Waals surface area contributed by atoms with Crippen LogP contribution in [0.25, 0.3) is 0 Å². The molecule has 1 unspecified atom stereocenters. The maximum atomic E-state index is 12.8. The number of hydrogen-bond acceptors (Lipinski definition) is 2. The first-order valence-corrected chi connectivity index (χ1v) is 7.63. The molecule has 0 spiro atoms. The Bertz CT molecular complexity index is 607. The van der Waals surface area contributed by atoms with Crippen LogP contribution in [0, 0.1) is 6.92 Å². The summed E-state index contributed by atoms with van der Waals surface area (Å²) in [4.78, 5) is 1.12. The summed E-state index contributed by atoms with van der Waals surface area (Å²) in [5, 5.41) is 5.10. The Kier molecular flexibility index (Phi) is 4.44. The monoisotopic (exact) mass is 363 g/mol. The molecule has 20 heavy (non-hydrogen) atoms. The van der Waals surface area contributed by atoms with Gasteiger partial charge in [-0.1, -0.05) is 15.9 Å². The van der Waals surface area contributed by atoms with Gasteiger partial charge in [0, 0.05) is 15.0 Å². The lowest BCUT2D eigenvalue weighted by Crippen LogP contribution is -2.09. The van der Waals surface area contributed by atoms with Gasteiger partial charge < -0.3 is 5.32 Å². The van der Waals surface area contributed by atoms with Crippen LogP contribution < -0.4 is 5.32 Å². The van der Waals surface area contributed by atoms with E-state index >= 15 is 0 Å². The minimum absolute atomic E-state index is 0.0367. The van der Waals surface area contributed by atoms with Crippen LogP contribution in [0.3, 0.4) is 0 Å². The Morgan fingerprint density at radius 2 is 1.95 bits per heavy atom. The van der Waals surface area contributed by atoms with Crippen molar-refractivity contribution >= 4 is 33.0 Å². The lowest BCUT2D eigenvalue weighted by atomic mass is 10.1. The summed E-state index contributed by atoms with van der Waals surface area (Å²) in [5.74, 6) is 0. The third kappa shape index (κ3) is 3.55. The average Bonchev–Trinajstić information content (AvgIpc) is 2.73. The van der Waals surface area contributed by atoms with Gasteiger partial charge in [0.15, 0.2) is 0 Å². The molecule has 0 radical (unpaired) electrons. The van der Waals surface area contributed by atoms with E-state index in [4.69, 9.17) is 0 Å². The number of aryl methyl sites for hydroxylation is 1. The SMILES string of the molecule is Cc1ccsc1C(C)Nc1cc(Br)cc(C(F)(F)F)c1. The Hall–Kier alpha value is -1.01. The number of halogens is 4. The molecule has 0 saturated heterocycles. The van der Waals surface area contributed by atoms with Crippen molar-refractivity contribution in [3.8, 4) is 0 Å². The van der Waals surface area contributed by atoms with Crippen molar-refractivity contribution in [1.82, 2.24) is 0 Å². The third-order valence-electron chi connectivity index (χ3n) is 2.90. The van der Waals surface area contributed by atoms with Gasteiger partial charge in [-0.2, -0.15) is 13.2 Å². The smallest absolute Gasteiger partial charge is 0.378 e. The highest BCUT2D eigenvalue weighted by Crippen LogP contribution is 2.35. The summed E-state index contributed by atoms with van der Waals surface area (Å²) in [6.07, 6.45) is -4.34. The van der Waals surface area contributed by atoms with Crippen molar-refractivity contribution in [3.05, 3.63) is 50.1 Å². The van der Waals surface area contributed by atoms with E-state index in [0.717, 1.165) is 22.6 Å². The molecule has 0 fully saturated rings. The maximum Gasteiger partial charge on any atom is 0.416 e. The molecule has 1 aromatic heterocycles. The molecule has 0 bridgehead atoms. The average molecular weight is 364 g/mol. The molecular formula is C14H13BrF3NS. The van der Waals surface area contributed by atoms with Gasteiger partial charge in [-0.15, -0.1) is 11.3 Å². The zero-order chi connectivity index (χ0) is 14.9. The predicted octanol–water partition coefficient (Wildman–Crippen LogP) is 6.01. The molecule has 0 aliphatic carbocycles. The third-order valence-corrected chi connectivity index (χ3v) is 4.56. The molecule has 1 aromatic carbocycles. The van der Waals surface area contributed by atoms with Crippen LogP contribution in [0.2, 0.25) is 0 Å². The second-order valence-corrected chi connectivity index (χ2v) is 6.42. The molecule has 6 heteroatoms. The van der Waals surface area contributed by atoms with Crippen molar-refractivity contribution in [2.45, 2.75) is 26.1 Å². The lowest BCUT2D eigenvalue weighted by molar-refractivity contribution is -0.137. The number of rotatable bonds is 3. The first-order valence-electron chi connectivity index (χ1n) is 5.95. The highest BCUT2D eigenvalue weighted by molar-refractivity contribution is 9.10. The first kappa shape index (κ1) is 15.4. The van der Waals surface area contributed by atoms with Crippen molar-refractivity contribution < 1.29 is 13.2 Å². The van der Waals surface area contributed by atoms with Crippen molar-refractivity contribution in [3.63, 3.8) is 0 Å². The van der Waals surface area contributed by atoms with E-state index in [0.29, 0.717) is 10.2 Å². The van der Waals surface area contributed by atoms with Crippen molar-refractivity contribution in [2.24, 2.45) is 0 Å². The molecule has 108 valence electrons. The van der Waals surface area contributed by atoms with Gasteiger partial charge in [0.2, 0.25) is 0 Å². The zero-order valence-electron chi connectivity index (χ0n) is 10.9. The van der Waals surface area contributed by atoms with E-state index in [1.54, 1.807) is 17.4 Å². The van der Waals surface area contributed by atoms with Crippen LogP contribution in [0.1, 0.15) is 29.0 Å². The van der Waals surface area contributed by atoms with Gasteiger partial charge in [0.25, 0.3) is 0 Å². The lowest BCUT2D eigenvalue weighted by Gasteiger charge is -2.17. The number of hydrogen-bond donors (Lipinski definition) is 1. The molecule has 2 rings (SSSR count). The second kappa shape index (κ2) is 5.77. The number of nitrogens with one attached hydrogen (secondary N) is 1. The Balaban J connectivity index is 2.26. The van der Waals surface area contributed by atoms with Gasteiger partial charge in [0.05, 0.1) is 11.6 Å². The molecule has 1 nitrogen and oxygen atoms in total.